The van der Waals surface area contributed by atoms with Gasteiger partial charge in [-0.25, -0.2) is 0 Å². The molecule has 1 aliphatic carbocycles. The van der Waals surface area contributed by atoms with E-state index in [0.717, 1.165) is 49.7 Å². The maximum atomic E-state index is 13.0. The van der Waals surface area contributed by atoms with E-state index in [-0.39, 0.29) is 23.8 Å². The van der Waals surface area contributed by atoms with E-state index in [1.54, 1.807) is 0 Å². The molecule has 0 unspecified atom stereocenters. The number of esters is 1. The molecule has 0 aromatic heterocycles. The van der Waals surface area contributed by atoms with Gasteiger partial charge in [-0.05, 0) is 67.7 Å². The van der Waals surface area contributed by atoms with E-state index in [0.29, 0.717) is 36.6 Å². The fraction of sp³-hybridized carbons (Fsp3) is 0.444. The van der Waals surface area contributed by atoms with Crippen molar-refractivity contribution in [1.29, 1.82) is 5.41 Å². The monoisotopic (exact) mass is 447 g/mol. The Kier molecular flexibility index (Phi) is 7.43. The molecule has 2 fully saturated rings. The number of benzene rings is 2. The summed E-state index contributed by atoms with van der Waals surface area (Å²) >= 11 is 0. The lowest BCUT2D eigenvalue weighted by molar-refractivity contribution is -0.151. The van der Waals surface area contributed by atoms with Gasteiger partial charge in [-0.1, -0.05) is 42.8 Å². The minimum absolute atomic E-state index is 0.0386. The van der Waals surface area contributed by atoms with E-state index in [2.05, 4.69) is 0 Å². The van der Waals surface area contributed by atoms with Crippen LogP contribution in [0.1, 0.15) is 67.3 Å². The number of hydrogen-bond acceptors (Lipinski definition) is 4. The first kappa shape index (κ1) is 23.0. The highest BCUT2D eigenvalue weighted by molar-refractivity contribution is 5.96. The first-order chi connectivity index (χ1) is 16.0. The molecule has 0 bridgehead atoms. The number of piperidine rings is 1. The molecule has 1 heterocycles. The molecule has 174 valence electrons. The van der Waals surface area contributed by atoms with Crippen molar-refractivity contribution in [3.8, 4) is 11.1 Å². The zero-order valence-electron chi connectivity index (χ0n) is 19.1. The van der Waals surface area contributed by atoms with E-state index < -0.39 is 0 Å². The van der Waals surface area contributed by atoms with Gasteiger partial charge in [-0.15, -0.1) is 0 Å². The number of carbonyl (C=O) groups excluding carboxylic acids is 2. The molecular formula is C27H33N3O3. The summed E-state index contributed by atoms with van der Waals surface area (Å²) in [5.41, 5.74) is 8.91. The Labute approximate surface area is 195 Å². The molecule has 6 nitrogen and oxygen atoms in total. The number of amides is 1. The summed E-state index contributed by atoms with van der Waals surface area (Å²) in [5, 5.41) is 7.49. The molecule has 3 N–H and O–H groups in total. The van der Waals surface area contributed by atoms with Gasteiger partial charge in [0.2, 0.25) is 0 Å². The van der Waals surface area contributed by atoms with Gasteiger partial charge < -0.3 is 15.4 Å². The molecule has 0 atom stereocenters. The molecule has 33 heavy (non-hydrogen) atoms. The van der Waals surface area contributed by atoms with Gasteiger partial charge in [-0.3, -0.25) is 15.0 Å². The lowest BCUT2D eigenvalue weighted by Crippen LogP contribution is -2.39. The Morgan fingerprint density at radius 1 is 0.848 bits per heavy atom. The predicted octanol–water partition coefficient (Wildman–Crippen LogP) is 4.76. The minimum atomic E-state index is -0.0707. The normalized spacial score (nSPS) is 17.5. The van der Waals surface area contributed by atoms with E-state index in [1.807, 2.05) is 53.4 Å². The van der Waals surface area contributed by atoms with Crippen molar-refractivity contribution < 1.29 is 14.3 Å². The topological polar surface area (TPSA) is 96.5 Å². The van der Waals surface area contributed by atoms with Crippen LogP contribution in [0.25, 0.3) is 11.1 Å². The summed E-state index contributed by atoms with van der Waals surface area (Å²) < 4.78 is 5.67. The van der Waals surface area contributed by atoms with Crippen LogP contribution in [0.4, 0.5) is 0 Å². The summed E-state index contributed by atoms with van der Waals surface area (Å²) in [7, 11) is 0. The van der Waals surface area contributed by atoms with E-state index in [4.69, 9.17) is 15.9 Å². The van der Waals surface area contributed by atoms with Crippen molar-refractivity contribution in [3.05, 3.63) is 59.7 Å². The second kappa shape index (κ2) is 10.6. The second-order valence-electron chi connectivity index (χ2n) is 9.26. The maximum absolute atomic E-state index is 13.0. The molecule has 1 aliphatic heterocycles. The fourth-order valence-electron chi connectivity index (χ4n) is 4.82. The van der Waals surface area contributed by atoms with Gasteiger partial charge in [0.1, 0.15) is 11.9 Å². The van der Waals surface area contributed by atoms with Crippen LogP contribution in [0.15, 0.2) is 48.5 Å². The van der Waals surface area contributed by atoms with Crippen molar-refractivity contribution in [2.45, 2.75) is 57.5 Å². The Hall–Kier alpha value is -3.15. The van der Waals surface area contributed by atoms with Crippen molar-refractivity contribution in [2.24, 2.45) is 11.7 Å². The molecule has 1 amide bonds. The minimum Gasteiger partial charge on any atom is -0.462 e. The molecule has 4 rings (SSSR count). The smallest absolute Gasteiger partial charge is 0.306 e. The van der Waals surface area contributed by atoms with Crippen molar-refractivity contribution in [3.63, 3.8) is 0 Å². The standard InChI is InChI=1S/C27H33N3O3/c28-26(29)22-10-6-20(7-11-22)21-8-12-23(13-9-21)27(32)30-16-14-19(15-17-30)18-25(31)33-24-4-2-1-3-5-24/h6-13,19,24H,1-5,14-18H2,(H3,28,29). The number of nitrogens with two attached hydrogens (primary N) is 1. The largest absolute Gasteiger partial charge is 0.462 e. The number of carbonyl (C=O) groups is 2. The Morgan fingerprint density at radius 2 is 1.39 bits per heavy atom. The highest BCUT2D eigenvalue weighted by Crippen LogP contribution is 2.26. The van der Waals surface area contributed by atoms with Gasteiger partial charge in [0.25, 0.3) is 5.91 Å². The Balaban J connectivity index is 1.26. The van der Waals surface area contributed by atoms with Gasteiger partial charge in [0.15, 0.2) is 0 Å². The average Bonchev–Trinajstić information content (AvgIpc) is 2.85. The summed E-state index contributed by atoms with van der Waals surface area (Å²) in [6.45, 7) is 1.35. The summed E-state index contributed by atoms with van der Waals surface area (Å²) in [5.74, 6) is 0.313. The molecule has 0 spiro atoms. The third kappa shape index (κ3) is 6.01. The average molecular weight is 448 g/mol. The van der Waals surface area contributed by atoms with E-state index >= 15 is 0 Å². The highest BCUT2D eigenvalue weighted by Gasteiger charge is 2.27. The van der Waals surface area contributed by atoms with Gasteiger partial charge in [0.05, 0.1) is 0 Å². The molecule has 2 aromatic rings. The number of nitrogen functional groups attached to an aromatic ring is 1. The van der Waals surface area contributed by atoms with Crippen LogP contribution in [0.3, 0.4) is 0 Å². The molecular weight excluding hydrogens is 414 g/mol. The van der Waals surface area contributed by atoms with Crippen LogP contribution >= 0.6 is 0 Å². The fourth-order valence-corrected chi connectivity index (χ4v) is 4.82. The number of nitrogens with one attached hydrogen (secondary N) is 1. The highest BCUT2D eigenvalue weighted by atomic mass is 16.5. The second-order valence-corrected chi connectivity index (χ2v) is 9.26. The first-order valence-electron chi connectivity index (χ1n) is 12.0. The quantitative estimate of drug-likeness (QED) is 0.379. The van der Waals surface area contributed by atoms with Gasteiger partial charge in [-0.2, -0.15) is 0 Å². The maximum Gasteiger partial charge on any atom is 0.306 e. The zero-order valence-corrected chi connectivity index (χ0v) is 19.1. The first-order valence-corrected chi connectivity index (χ1v) is 12.0. The predicted molar refractivity (Wildman–Crippen MR) is 129 cm³/mol. The number of hydrogen-bond donors (Lipinski definition) is 2. The van der Waals surface area contributed by atoms with Crippen LogP contribution in [0.5, 0.6) is 0 Å². The van der Waals surface area contributed by atoms with Crippen molar-refractivity contribution >= 4 is 17.7 Å². The number of likely N-dealkylation sites (tertiary alicyclic amines) is 1. The van der Waals surface area contributed by atoms with Crippen molar-refractivity contribution in [2.75, 3.05) is 13.1 Å². The van der Waals surface area contributed by atoms with Gasteiger partial charge in [0, 0.05) is 30.6 Å². The van der Waals surface area contributed by atoms with Gasteiger partial charge >= 0.3 is 5.97 Å². The van der Waals surface area contributed by atoms with Crippen LogP contribution < -0.4 is 5.73 Å². The summed E-state index contributed by atoms with van der Waals surface area (Å²) in [4.78, 5) is 27.1. The third-order valence-electron chi connectivity index (χ3n) is 6.87. The summed E-state index contributed by atoms with van der Waals surface area (Å²) in [6.07, 6.45) is 7.83. The number of ether oxygens (including phenoxy) is 1. The zero-order chi connectivity index (χ0) is 23.2. The molecule has 2 aliphatic rings. The number of nitrogens with zero attached hydrogens (tertiary/aromatic N) is 1. The molecule has 2 aromatic carbocycles. The molecule has 1 saturated carbocycles. The SMILES string of the molecule is N=C(N)c1ccc(-c2ccc(C(=O)N3CCC(CC(=O)OC4CCCCC4)CC3)cc2)cc1. The van der Waals surface area contributed by atoms with E-state index in [1.165, 1.54) is 6.42 Å². The van der Waals surface area contributed by atoms with E-state index in [9.17, 15) is 9.59 Å². The molecule has 1 saturated heterocycles. The Bertz CT molecular complexity index is 971. The van der Waals surface area contributed by atoms with Crippen LogP contribution in [0, 0.1) is 11.3 Å². The van der Waals surface area contributed by atoms with Crippen LogP contribution in [0.2, 0.25) is 0 Å². The number of rotatable bonds is 6. The Morgan fingerprint density at radius 3 is 1.94 bits per heavy atom. The lowest BCUT2D eigenvalue weighted by atomic mass is 9.93. The third-order valence-corrected chi connectivity index (χ3v) is 6.87. The summed E-state index contributed by atoms with van der Waals surface area (Å²) in [6, 6.07) is 15.1. The molecule has 0 radical (unpaired) electrons. The number of amidine groups is 1. The van der Waals surface area contributed by atoms with Crippen LogP contribution in [-0.2, 0) is 9.53 Å². The van der Waals surface area contributed by atoms with Crippen molar-refractivity contribution in [1.82, 2.24) is 4.90 Å². The molecule has 6 heteroatoms. The van der Waals surface area contributed by atoms with Crippen LogP contribution in [-0.4, -0.2) is 41.8 Å². The lowest BCUT2D eigenvalue weighted by Gasteiger charge is -2.32.